The molecule has 0 amide bonds. The van der Waals surface area contributed by atoms with Crippen LogP contribution in [0, 0.1) is 5.92 Å². The molecule has 2 aromatic carbocycles. The standard InChI is InChI=1S/C27H35NO2.C2H6/c1-7-8-12-20(2)21(3)28(24-13-10-9-11-14-24)19-22-17-23-15-16-27(4,5)30-26(23)25(18-22)29-6;1-2/h9-11,13-18,20H,3,7-8,12,19H2,1-2,4-6H3;1-2H3. The summed E-state index contributed by atoms with van der Waals surface area (Å²) in [6.45, 7) is 17.8. The van der Waals surface area contributed by atoms with Crippen molar-refractivity contribution in [2.45, 2.75) is 73.0 Å². The van der Waals surface area contributed by atoms with Crippen molar-refractivity contribution in [1.29, 1.82) is 0 Å². The van der Waals surface area contributed by atoms with E-state index in [4.69, 9.17) is 9.47 Å². The maximum Gasteiger partial charge on any atom is 0.169 e. The first-order valence-electron chi connectivity index (χ1n) is 11.9. The van der Waals surface area contributed by atoms with Crippen molar-refractivity contribution in [3.63, 3.8) is 0 Å². The van der Waals surface area contributed by atoms with Crippen LogP contribution in [-0.2, 0) is 6.54 Å². The number of methoxy groups -OCH3 is 1. The highest BCUT2D eigenvalue weighted by atomic mass is 16.5. The molecule has 0 aromatic heterocycles. The van der Waals surface area contributed by atoms with Crippen LogP contribution in [0.4, 0.5) is 5.69 Å². The van der Waals surface area contributed by atoms with Crippen molar-refractivity contribution in [2.75, 3.05) is 12.0 Å². The zero-order valence-corrected chi connectivity index (χ0v) is 21.1. The predicted octanol–water partition coefficient (Wildman–Crippen LogP) is 8.25. The molecule has 0 saturated heterocycles. The van der Waals surface area contributed by atoms with Crippen LogP contribution in [0.1, 0.15) is 71.9 Å². The summed E-state index contributed by atoms with van der Waals surface area (Å²) < 4.78 is 11.9. The number of allylic oxidation sites excluding steroid dienone is 1. The van der Waals surface area contributed by atoms with Crippen molar-refractivity contribution in [1.82, 2.24) is 0 Å². The quantitative estimate of drug-likeness (QED) is 0.396. The number of fused-ring (bicyclic) bond motifs is 1. The molecule has 1 unspecified atom stereocenters. The second kappa shape index (κ2) is 11.8. The number of para-hydroxylation sites is 1. The molecule has 1 aliphatic heterocycles. The van der Waals surface area contributed by atoms with Gasteiger partial charge in [-0.2, -0.15) is 0 Å². The highest BCUT2D eigenvalue weighted by Crippen LogP contribution is 2.40. The molecule has 3 rings (SSSR count). The summed E-state index contributed by atoms with van der Waals surface area (Å²) >= 11 is 0. The zero-order valence-electron chi connectivity index (χ0n) is 21.1. The summed E-state index contributed by atoms with van der Waals surface area (Å²) in [4.78, 5) is 2.33. The van der Waals surface area contributed by atoms with Gasteiger partial charge < -0.3 is 14.4 Å². The van der Waals surface area contributed by atoms with Gasteiger partial charge in [0.2, 0.25) is 0 Å². The van der Waals surface area contributed by atoms with Gasteiger partial charge in [0.1, 0.15) is 5.60 Å². The number of anilines is 1. The third-order valence-corrected chi connectivity index (χ3v) is 5.71. The minimum atomic E-state index is -0.332. The lowest BCUT2D eigenvalue weighted by molar-refractivity contribution is 0.152. The zero-order chi connectivity index (χ0) is 23.7. The Hall–Kier alpha value is -2.68. The van der Waals surface area contributed by atoms with Crippen LogP contribution < -0.4 is 14.4 Å². The molecule has 0 saturated carbocycles. The predicted molar refractivity (Wildman–Crippen MR) is 139 cm³/mol. The van der Waals surface area contributed by atoms with Gasteiger partial charge in [-0.05, 0) is 62.1 Å². The molecule has 2 aromatic rings. The Bertz CT molecular complexity index is 899. The fraction of sp³-hybridized carbons (Fsp3) is 0.448. The van der Waals surface area contributed by atoms with Crippen LogP contribution in [0.25, 0.3) is 6.08 Å². The molecule has 3 nitrogen and oxygen atoms in total. The van der Waals surface area contributed by atoms with Crippen LogP contribution >= 0.6 is 0 Å². The van der Waals surface area contributed by atoms with Gasteiger partial charge in [-0.1, -0.05) is 71.4 Å². The van der Waals surface area contributed by atoms with E-state index in [-0.39, 0.29) is 5.60 Å². The highest BCUT2D eigenvalue weighted by Gasteiger charge is 2.26. The highest BCUT2D eigenvalue weighted by molar-refractivity contribution is 5.67. The van der Waals surface area contributed by atoms with E-state index >= 15 is 0 Å². The SMILES string of the molecule is C=C(C(C)CCCC)N(Cc1cc2c(c(OC)c1)OC(C)(C)C=C2)c1ccccc1.CC. The van der Waals surface area contributed by atoms with Crippen molar-refractivity contribution in [3.05, 3.63) is 71.9 Å². The average molecular weight is 436 g/mol. The van der Waals surface area contributed by atoms with E-state index in [2.05, 4.69) is 93.8 Å². The second-order valence-corrected chi connectivity index (χ2v) is 8.71. The number of hydrogen-bond acceptors (Lipinski definition) is 3. The van der Waals surface area contributed by atoms with E-state index < -0.39 is 0 Å². The number of rotatable bonds is 9. The van der Waals surface area contributed by atoms with Gasteiger partial charge in [-0.3, -0.25) is 0 Å². The number of nitrogens with zero attached hydrogens (tertiary/aromatic N) is 1. The van der Waals surface area contributed by atoms with Crippen molar-refractivity contribution in [3.8, 4) is 11.5 Å². The summed E-state index contributed by atoms with van der Waals surface area (Å²) in [6, 6.07) is 14.8. The summed E-state index contributed by atoms with van der Waals surface area (Å²) in [5.41, 5.74) is 4.21. The van der Waals surface area contributed by atoms with E-state index in [9.17, 15) is 0 Å². The molecule has 0 aliphatic carbocycles. The molecular formula is C29H41NO2. The van der Waals surface area contributed by atoms with E-state index in [1.54, 1.807) is 7.11 Å². The summed E-state index contributed by atoms with van der Waals surface area (Å²) in [5, 5.41) is 0. The van der Waals surface area contributed by atoms with Crippen LogP contribution in [0.15, 0.2) is 60.8 Å². The lowest BCUT2D eigenvalue weighted by Crippen LogP contribution is -2.28. The molecule has 0 bridgehead atoms. The van der Waals surface area contributed by atoms with E-state index in [0.717, 1.165) is 41.4 Å². The molecule has 1 atom stereocenters. The Kier molecular flexibility index (Phi) is 9.43. The Balaban J connectivity index is 0.00000176. The van der Waals surface area contributed by atoms with Gasteiger partial charge in [-0.25, -0.2) is 0 Å². The van der Waals surface area contributed by atoms with Gasteiger partial charge in [-0.15, -0.1) is 0 Å². The third kappa shape index (κ3) is 6.41. The monoisotopic (exact) mass is 435 g/mol. The first-order chi connectivity index (χ1) is 15.3. The smallest absolute Gasteiger partial charge is 0.169 e. The molecule has 3 heteroatoms. The Labute approximate surface area is 195 Å². The van der Waals surface area contributed by atoms with Gasteiger partial charge in [0, 0.05) is 23.5 Å². The fourth-order valence-corrected chi connectivity index (χ4v) is 3.84. The van der Waals surface area contributed by atoms with E-state index in [1.807, 2.05) is 13.8 Å². The first-order valence-corrected chi connectivity index (χ1v) is 11.9. The van der Waals surface area contributed by atoms with Crippen molar-refractivity contribution in [2.24, 2.45) is 5.92 Å². The molecule has 1 aliphatic rings. The molecule has 0 radical (unpaired) electrons. The molecule has 0 N–H and O–H groups in total. The first kappa shape index (κ1) is 25.6. The number of ether oxygens (including phenoxy) is 2. The molecular weight excluding hydrogens is 394 g/mol. The second-order valence-electron chi connectivity index (χ2n) is 8.71. The largest absolute Gasteiger partial charge is 0.493 e. The van der Waals surface area contributed by atoms with Gasteiger partial charge in [0.25, 0.3) is 0 Å². The minimum Gasteiger partial charge on any atom is -0.493 e. The van der Waals surface area contributed by atoms with Crippen LogP contribution in [0.2, 0.25) is 0 Å². The average Bonchev–Trinajstić information content (AvgIpc) is 2.81. The molecule has 32 heavy (non-hydrogen) atoms. The summed E-state index contributed by atoms with van der Waals surface area (Å²) in [5.74, 6) is 2.02. The van der Waals surface area contributed by atoms with Crippen molar-refractivity contribution < 1.29 is 9.47 Å². The summed E-state index contributed by atoms with van der Waals surface area (Å²) in [6.07, 6.45) is 7.80. The summed E-state index contributed by atoms with van der Waals surface area (Å²) in [7, 11) is 1.70. The van der Waals surface area contributed by atoms with Crippen LogP contribution in [0.3, 0.4) is 0 Å². The Morgan fingerprint density at radius 2 is 1.84 bits per heavy atom. The number of hydrogen-bond donors (Lipinski definition) is 0. The Morgan fingerprint density at radius 3 is 2.47 bits per heavy atom. The van der Waals surface area contributed by atoms with Crippen LogP contribution in [0.5, 0.6) is 11.5 Å². The molecule has 174 valence electrons. The normalized spacial score (nSPS) is 14.3. The van der Waals surface area contributed by atoms with Gasteiger partial charge >= 0.3 is 0 Å². The topological polar surface area (TPSA) is 21.7 Å². The molecule has 1 heterocycles. The van der Waals surface area contributed by atoms with Crippen LogP contribution in [-0.4, -0.2) is 12.7 Å². The Morgan fingerprint density at radius 1 is 1.16 bits per heavy atom. The third-order valence-electron chi connectivity index (χ3n) is 5.71. The minimum absolute atomic E-state index is 0.332. The maximum atomic E-state index is 6.17. The molecule has 0 fully saturated rings. The maximum absolute atomic E-state index is 6.17. The van der Waals surface area contributed by atoms with Gasteiger partial charge in [0.15, 0.2) is 11.5 Å². The van der Waals surface area contributed by atoms with E-state index in [0.29, 0.717) is 5.92 Å². The number of unbranched alkanes of at least 4 members (excludes halogenated alkanes) is 1. The lowest BCUT2D eigenvalue weighted by atomic mass is 9.98. The van der Waals surface area contributed by atoms with Crippen molar-refractivity contribution >= 4 is 11.8 Å². The van der Waals surface area contributed by atoms with E-state index in [1.165, 1.54) is 18.4 Å². The van der Waals surface area contributed by atoms with Gasteiger partial charge in [0.05, 0.1) is 7.11 Å². The lowest BCUT2D eigenvalue weighted by Gasteiger charge is -2.32. The fourth-order valence-electron chi connectivity index (χ4n) is 3.84. The number of benzene rings is 2. The molecule has 0 spiro atoms.